The average Bonchev–Trinajstić information content (AvgIpc) is 3.25. The second kappa shape index (κ2) is 6.85. The highest BCUT2D eigenvalue weighted by atomic mass is 16.2. The summed E-state index contributed by atoms with van der Waals surface area (Å²) in [6.45, 7) is 0.789. The van der Waals surface area contributed by atoms with Crippen LogP contribution in [0.3, 0.4) is 0 Å². The van der Waals surface area contributed by atoms with Crippen molar-refractivity contribution in [1.82, 2.24) is 24.9 Å². The van der Waals surface area contributed by atoms with E-state index in [1.807, 2.05) is 13.2 Å². The van der Waals surface area contributed by atoms with E-state index in [1.54, 1.807) is 22.8 Å². The number of hydrogen-bond donors (Lipinski definition) is 1. The van der Waals surface area contributed by atoms with Crippen LogP contribution in [0.2, 0.25) is 0 Å². The number of imide groups is 1. The Labute approximate surface area is 147 Å². The fourth-order valence-electron chi connectivity index (χ4n) is 3.69. The first-order chi connectivity index (χ1) is 11.9. The Balaban J connectivity index is 1.46. The van der Waals surface area contributed by atoms with E-state index in [9.17, 15) is 14.4 Å². The molecule has 0 aromatic carbocycles. The molecule has 2 fully saturated rings. The summed E-state index contributed by atoms with van der Waals surface area (Å²) in [4.78, 5) is 39.8. The molecule has 0 radical (unpaired) electrons. The summed E-state index contributed by atoms with van der Waals surface area (Å²) >= 11 is 0. The van der Waals surface area contributed by atoms with Gasteiger partial charge in [0, 0.05) is 45.4 Å². The maximum atomic E-state index is 12.5. The van der Waals surface area contributed by atoms with E-state index >= 15 is 0 Å². The number of carbonyl (C=O) groups is 3. The number of nitrogens with one attached hydrogen (secondary N) is 1. The van der Waals surface area contributed by atoms with E-state index in [0.717, 1.165) is 31.2 Å². The highest BCUT2D eigenvalue weighted by Gasteiger charge is 2.52. The first-order valence-corrected chi connectivity index (χ1v) is 8.77. The van der Waals surface area contributed by atoms with Crippen LogP contribution < -0.4 is 5.32 Å². The fourth-order valence-corrected chi connectivity index (χ4v) is 3.69. The molecule has 1 aliphatic carbocycles. The third kappa shape index (κ3) is 3.52. The molecule has 4 amide bonds. The lowest BCUT2D eigenvalue weighted by Gasteiger charge is -2.20. The topological polar surface area (TPSA) is 87.5 Å². The molecule has 1 aromatic heterocycles. The number of hydrogen-bond acceptors (Lipinski definition) is 4. The van der Waals surface area contributed by atoms with E-state index in [2.05, 4.69) is 10.4 Å². The molecular formula is C17H25N5O3. The van der Waals surface area contributed by atoms with Crippen molar-refractivity contribution >= 4 is 17.8 Å². The fraction of sp³-hybridized carbons (Fsp3) is 0.647. The van der Waals surface area contributed by atoms with Crippen molar-refractivity contribution in [3.8, 4) is 0 Å². The van der Waals surface area contributed by atoms with Crippen molar-refractivity contribution in [1.29, 1.82) is 0 Å². The highest BCUT2D eigenvalue weighted by Crippen LogP contribution is 2.35. The van der Waals surface area contributed by atoms with Gasteiger partial charge in [-0.2, -0.15) is 5.10 Å². The van der Waals surface area contributed by atoms with Crippen LogP contribution in [0, 0.1) is 0 Å². The van der Waals surface area contributed by atoms with E-state index in [1.165, 1.54) is 4.90 Å². The van der Waals surface area contributed by atoms with Gasteiger partial charge >= 0.3 is 6.03 Å². The summed E-state index contributed by atoms with van der Waals surface area (Å²) in [5, 5.41) is 6.94. The van der Waals surface area contributed by atoms with Gasteiger partial charge in [0.1, 0.15) is 5.54 Å². The quantitative estimate of drug-likeness (QED) is 0.779. The van der Waals surface area contributed by atoms with Crippen molar-refractivity contribution in [2.75, 3.05) is 13.6 Å². The summed E-state index contributed by atoms with van der Waals surface area (Å²) in [5.41, 5.74) is 0.300. The van der Waals surface area contributed by atoms with Crippen LogP contribution in [0.5, 0.6) is 0 Å². The predicted octanol–water partition coefficient (Wildman–Crippen LogP) is 1.02. The van der Waals surface area contributed by atoms with E-state index in [4.69, 9.17) is 0 Å². The van der Waals surface area contributed by atoms with Crippen LogP contribution in [-0.2, 0) is 23.2 Å². The van der Waals surface area contributed by atoms with Crippen molar-refractivity contribution in [2.45, 2.75) is 50.6 Å². The van der Waals surface area contributed by atoms with Crippen molar-refractivity contribution in [3.63, 3.8) is 0 Å². The van der Waals surface area contributed by atoms with Crippen LogP contribution in [0.4, 0.5) is 4.79 Å². The number of amides is 4. The van der Waals surface area contributed by atoms with Gasteiger partial charge in [-0.25, -0.2) is 4.79 Å². The van der Waals surface area contributed by atoms with Crippen LogP contribution in [0.15, 0.2) is 12.4 Å². The van der Waals surface area contributed by atoms with E-state index in [0.29, 0.717) is 25.9 Å². The first kappa shape index (κ1) is 17.4. The molecule has 0 unspecified atom stereocenters. The largest absolute Gasteiger partial charge is 0.341 e. The van der Waals surface area contributed by atoms with Crippen LogP contribution in [0.1, 0.15) is 44.1 Å². The molecule has 2 aliphatic rings. The molecule has 1 aliphatic heterocycles. The minimum atomic E-state index is -0.668. The number of nitrogens with zero attached hydrogens (tertiary/aromatic N) is 4. The highest BCUT2D eigenvalue weighted by molar-refractivity contribution is 6.07. The zero-order valence-electron chi connectivity index (χ0n) is 14.8. The number of carbonyl (C=O) groups excluding carboxylic acids is 3. The van der Waals surface area contributed by atoms with Gasteiger partial charge in [-0.05, 0) is 19.3 Å². The van der Waals surface area contributed by atoms with Crippen molar-refractivity contribution in [2.24, 2.45) is 7.05 Å². The minimum absolute atomic E-state index is 0.00788. The molecule has 1 N–H and O–H groups in total. The van der Waals surface area contributed by atoms with Gasteiger partial charge < -0.3 is 10.2 Å². The monoisotopic (exact) mass is 347 g/mol. The Morgan fingerprint density at radius 3 is 2.72 bits per heavy atom. The lowest BCUT2D eigenvalue weighted by atomic mass is 9.98. The Morgan fingerprint density at radius 1 is 1.36 bits per heavy atom. The maximum Gasteiger partial charge on any atom is 0.325 e. The van der Waals surface area contributed by atoms with Gasteiger partial charge in [0.2, 0.25) is 5.91 Å². The molecule has 8 heteroatoms. The van der Waals surface area contributed by atoms with Crippen LogP contribution in [0.25, 0.3) is 0 Å². The molecule has 25 heavy (non-hydrogen) atoms. The average molecular weight is 347 g/mol. The van der Waals surface area contributed by atoms with Crippen LogP contribution >= 0.6 is 0 Å². The van der Waals surface area contributed by atoms with Gasteiger partial charge in [-0.3, -0.25) is 19.2 Å². The molecule has 1 spiro atoms. The van der Waals surface area contributed by atoms with E-state index in [-0.39, 0.29) is 17.8 Å². The second-order valence-electron chi connectivity index (χ2n) is 7.05. The maximum absolute atomic E-state index is 12.5. The zero-order valence-corrected chi connectivity index (χ0v) is 14.8. The summed E-state index contributed by atoms with van der Waals surface area (Å²) in [7, 11) is 3.58. The van der Waals surface area contributed by atoms with Crippen molar-refractivity contribution in [3.05, 3.63) is 18.0 Å². The standard InChI is InChI=1S/C17H25N5O3/c1-20(11-13-10-18-21(2)12-13)14(23)6-5-9-22-15(24)17(19-16(22)25)7-3-4-8-17/h10,12H,3-9,11H2,1-2H3,(H,19,25). The first-order valence-electron chi connectivity index (χ1n) is 8.77. The molecule has 1 saturated carbocycles. The van der Waals surface area contributed by atoms with Crippen LogP contribution in [-0.4, -0.2) is 56.6 Å². The summed E-state index contributed by atoms with van der Waals surface area (Å²) < 4.78 is 1.70. The number of aromatic nitrogens is 2. The third-order valence-electron chi connectivity index (χ3n) is 5.08. The summed E-state index contributed by atoms with van der Waals surface area (Å²) in [6.07, 6.45) is 7.78. The zero-order chi connectivity index (χ0) is 18.0. The van der Waals surface area contributed by atoms with Crippen molar-refractivity contribution < 1.29 is 14.4 Å². The molecule has 2 heterocycles. The Morgan fingerprint density at radius 2 is 2.08 bits per heavy atom. The SMILES string of the molecule is CN(Cc1cnn(C)c1)C(=O)CCCN1C(=O)NC2(CCCC2)C1=O. The van der Waals surface area contributed by atoms with Gasteiger partial charge in [0.05, 0.1) is 6.20 Å². The van der Waals surface area contributed by atoms with Gasteiger partial charge in [-0.15, -0.1) is 0 Å². The lowest BCUT2D eigenvalue weighted by Crippen LogP contribution is -2.44. The molecular weight excluding hydrogens is 322 g/mol. The Kier molecular flexibility index (Phi) is 4.78. The Bertz CT molecular complexity index is 678. The third-order valence-corrected chi connectivity index (χ3v) is 5.08. The minimum Gasteiger partial charge on any atom is -0.341 e. The van der Waals surface area contributed by atoms with Gasteiger partial charge in [0.25, 0.3) is 5.91 Å². The summed E-state index contributed by atoms with van der Waals surface area (Å²) in [6, 6.07) is -0.317. The normalized spacial score (nSPS) is 18.9. The summed E-state index contributed by atoms with van der Waals surface area (Å²) in [5.74, 6) is -0.127. The number of urea groups is 1. The van der Waals surface area contributed by atoms with E-state index < -0.39 is 5.54 Å². The molecule has 1 saturated heterocycles. The Hall–Kier alpha value is -2.38. The number of aryl methyl sites for hydroxylation is 1. The molecule has 8 nitrogen and oxygen atoms in total. The smallest absolute Gasteiger partial charge is 0.325 e. The molecule has 3 rings (SSSR count). The molecule has 136 valence electrons. The van der Waals surface area contributed by atoms with Gasteiger partial charge in [0.15, 0.2) is 0 Å². The number of rotatable bonds is 6. The second-order valence-corrected chi connectivity index (χ2v) is 7.05. The molecule has 1 aromatic rings. The van der Waals surface area contributed by atoms with Gasteiger partial charge in [-0.1, -0.05) is 12.8 Å². The molecule has 0 bridgehead atoms. The molecule has 0 atom stereocenters. The predicted molar refractivity (Wildman–Crippen MR) is 90.4 cm³/mol. The lowest BCUT2D eigenvalue weighted by molar-refractivity contribution is -0.133.